The molecule has 22 heavy (non-hydrogen) atoms. The topological polar surface area (TPSA) is 63.5 Å². The third-order valence-electron chi connectivity index (χ3n) is 3.87. The second-order valence-electron chi connectivity index (χ2n) is 5.35. The maximum atomic E-state index is 5.23. The Hall–Kier alpha value is -2.60. The molecule has 4 heterocycles. The maximum Gasteiger partial charge on any atom is 0.140 e. The van der Waals surface area contributed by atoms with E-state index in [0.29, 0.717) is 6.04 Å². The molecule has 1 aliphatic heterocycles. The van der Waals surface area contributed by atoms with Crippen LogP contribution in [0.25, 0.3) is 17.0 Å². The normalized spacial score (nSPS) is 14.8. The minimum absolute atomic E-state index is 0.467. The van der Waals surface area contributed by atoms with E-state index in [1.807, 2.05) is 47.1 Å². The molecule has 0 unspecified atom stereocenters. The van der Waals surface area contributed by atoms with E-state index in [1.54, 1.807) is 7.11 Å². The van der Waals surface area contributed by atoms with Crippen molar-refractivity contribution < 1.29 is 4.74 Å². The number of ether oxygens (including phenoxy) is 1. The van der Waals surface area contributed by atoms with Crippen LogP contribution in [-0.2, 0) is 0 Å². The molecule has 0 radical (unpaired) electrons. The quantitative estimate of drug-likeness (QED) is 0.768. The standard InChI is InChI=1S/C16H17N5O/c1-22-12-5-6-21-14(10-18-16(21)7-12)13-3-2-4-15(20-13)19-11-8-17-9-11/h2-7,10-11,17H,8-9H2,1H3,(H,19,20). The van der Waals surface area contributed by atoms with Gasteiger partial charge in [0.1, 0.15) is 17.2 Å². The molecular weight excluding hydrogens is 278 g/mol. The molecule has 0 saturated carbocycles. The van der Waals surface area contributed by atoms with Crippen molar-refractivity contribution in [1.29, 1.82) is 0 Å². The number of imidazole rings is 1. The van der Waals surface area contributed by atoms with Gasteiger partial charge in [-0.25, -0.2) is 9.97 Å². The number of methoxy groups -OCH3 is 1. The van der Waals surface area contributed by atoms with Crippen molar-refractivity contribution in [3.63, 3.8) is 0 Å². The van der Waals surface area contributed by atoms with Crippen molar-refractivity contribution in [2.24, 2.45) is 0 Å². The lowest BCUT2D eigenvalue weighted by Gasteiger charge is -2.28. The molecule has 1 saturated heterocycles. The molecule has 112 valence electrons. The summed E-state index contributed by atoms with van der Waals surface area (Å²) >= 11 is 0. The number of anilines is 1. The summed E-state index contributed by atoms with van der Waals surface area (Å²) in [7, 11) is 1.65. The van der Waals surface area contributed by atoms with Gasteiger partial charge in [-0.2, -0.15) is 0 Å². The van der Waals surface area contributed by atoms with Crippen LogP contribution in [0.5, 0.6) is 5.75 Å². The molecule has 1 aliphatic rings. The van der Waals surface area contributed by atoms with E-state index in [2.05, 4.69) is 15.6 Å². The van der Waals surface area contributed by atoms with Gasteiger partial charge >= 0.3 is 0 Å². The van der Waals surface area contributed by atoms with Gasteiger partial charge in [-0.15, -0.1) is 0 Å². The van der Waals surface area contributed by atoms with Gasteiger partial charge in [-0.05, 0) is 18.2 Å². The van der Waals surface area contributed by atoms with E-state index < -0.39 is 0 Å². The Morgan fingerprint density at radius 1 is 1.32 bits per heavy atom. The summed E-state index contributed by atoms with van der Waals surface area (Å²) in [6.07, 6.45) is 3.79. The fourth-order valence-electron chi connectivity index (χ4n) is 2.54. The molecular formula is C16H17N5O. The van der Waals surface area contributed by atoms with Crippen LogP contribution in [0, 0.1) is 0 Å². The molecule has 1 fully saturated rings. The van der Waals surface area contributed by atoms with Crippen LogP contribution >= 0.6 is 0 Å². The first kappa shape index (κ1) is 13.1. The van der Waals surface area contributed by atoms with Crippen LogP contribution in [0.2, 0.25) is 0 Å². The zero-order chi connectivity index (χ0) is 14.9. The van der Waals surface area contributed by atoms with Gasteiger partial charge in [0.2, 0.25) is 0 Å². The van der Waals surface area contributed by atoms with Crippen LogP contribution in [0.15, 0.2) is 42.7 Å². The van der Waals surface area contributed by atoms with E-state index in [1.165, 1.54) is 0 Å². The smallest absolute Gasteiger partial charge is 0.140 e. The van der Waals surface area contributed by atoms with Crippen molar-refractivity contribution in [2.75, 3.05) is 25.5 Å². The van der Waals surface area contributed by atoms with Crippen molar-refractivity contribution in [2.45, 2.75) is 6.04 Å². The predicted molar refractivity (Wildman–Crippen MR) is 85.3 cm³/mol. The van der Waals surface area contributed by atoms with Crippen LogP contribution in [-0.4, -0.2) is 40.6 Å². The second-order valence-corrected chi connectivity index (χ2v) is 5.35. The van der Waals surface area contributed by atoms with E-state index in [0.717, 1.165) is 41.7 Å². The molecule has 0 bridgehead atoms. The Kier molecular flexibility index (Phi) is 3.16. The van der Waals surface area contributed by atoms with Crippen LogP contribution in [0.3, 0.4) is 0 Å². The fraction of sp³-hybridized carbons (Fsp3) is 0.250. The summed E-state index contributed by atoms with van der Waals surface area (Å²) in [6.45, 7) is 1.97. The summed E-state index contributed by atoms with van der Waals surface area (Å²) in [5.74, 6) is 1.69. The van der Waals surface area contributed by atoms with Gasteiger partial charge in [-0.3, -0.25) is 4.40 Å². The summed E-state index contributed by atoms with van der Waals surface area (Å²) in [6, 6.07) is 10.3. The molecule has 3 aromatic rings. The zero-order valence-electron chi connectivity index (χ0n) is 12.3. The van der Waals surface area contributed by atoms with Crippen molar-refractivity contribution in [1.82, 2.24) is 19.7 Å². The van der Waals surface area contributed by atoms with Crippen molar-refractivity contribution in [3.8, 4) is 17.1 Å². The first-order chi connectivity index (χ1) is 10.8. The minimum atomic E-state index is 0.467. The number of aromatic nitrogens is 3. The van der Waals surface area contributed by atoms with Gasteiger partial charge in [0.15, 0.2) is 0 Å². The monoisotopic (exact) mass is 295 g/mol. The summed E-state index contributed by atoms with van der Waals surface area (Å²) in [5.41, 5.74) is 2.71. The number of hydrogen-bond acceptors (Lipinski definition) is 5. The molecule has 0 atom stereocenters. The van der Waals surface area contributed by atoms with E-state index >= 15 is 0 Å². The highest BCUT2D eigenvalue weighted by atomic mass is 16.5. The Bertz CT molecular complexity index is 809. The van der Waals surface area contributed by atoms with Crippen LogP contribution in [0.1, 0.15) is 0 Å². The molecule has 0 aromatic carbocycles. The Morgan fingerprint density at radius 2 is 2.23 bits per heavy atom. The lowest BCUT2D eigenvalue weighted by atomic mass is 10.2. The molecule has 6 nitrogen and oxygen atoms in total. The fourth-order valence-corrected chi connectivity index (χ4v) is 2.54. The molecule has 6 heteroatoms. The summed E-state index contributed by atoms with van der Waals surface area (Å²) in [4.78, 5) is 9.13. The molecule has 0 spiro atoms. The third kappa shape index (κ3) is 2.27. The molecule has 3 aromatic heterocycles. The first-order valence-electron chi connectivity index (χ1n) is 7.29. The Labute approximate surface area is 128 Å². The van der Waals surface area contributed by atoms with Gasteiger partial charge in [-0.1, -0.05) is 6.07 Å². The van der Waals surface area contributed by atoms with Crippen molar-refractivity contribution in [3.05, 3.63) is 42.7 Å². The van der Waals surface area contributed by atoms with Gasteiger partial charge in [0, 0.05) is 25.4 Å². The van der Waals surface area contributed by atoms with Crippen molar-refractivity contribution >= 4 is 11.5 Å². The summed E-state index contributed by atoms with van der Waals surface area (Å²) < 4.78 is 7.25. The first-order valence-corrected chi connectivity index (χ1v) is 7.29. The number of nitrogens with zero attached hydrogens (tertiary/aromatic N) is 3. The van der Waals surface area contributed by atoms with Gasteiger partial charge in [0.05, 0.1) is 30.7 Å². The predicted octanol–water partition coefficient (Wildman–Crippen LogP) is 1.79. The average Bonchev–Trinajstić information content (AvgIpc) is 2.94. The minimum Gasteiger partial charge on any atom is -0.497 e. The second kappa shape index (κ2) is 5.31. The number of pyridine rings is 2. The maximum absolute atomic E-state index is 5.23. The Balaban J connectivity index is 1.70. The highest BCUT2D eigenvalue weighted by Gasteiger charge is 2.17. The zero-order valence-corrected chi connectivity index (χ0v) is 12.3. The average molecular weight is 295 g/mol. The molecule has 2 N–H and O–H groups in total. The number of hydrogen-bond donors (Lipinski definition) is 2. The van der Waals surface area contributed by atoms with Crippen LogP contribution in [0.4, 0.5) is 5.82 Å². The van der Waals surface area contributed by atoms with Gasteiger partial charge in [0.25, 0.3) is 0 Å². The Morgan fingerprint density at radius 3 is 3.00 bits per heavy atom. The van der Waals surface area contributed by atoms with Crippen LogP contribution < -0.4 is 15.4 Å². The molecule has 4 rings (SSSR count). The summed E-state index contributed by atoms with van der Waals surface area (Å²) in [5, 5.41) is 6.67. The molecule has 0 amide bonds. The highest BCUT2D eigenvalue weighted by Crippen LogP contribution is 2.23. The lowest BCUT2D eigenvalue weighted by Crippen LogP contribution is -2.51. The number of fused-ring (bicyclic) bond motifs is 1. The molecule has 0 aliphatic carbocycles. The highest BCUT2D eigenvalue weighted by molar-refractivity contribution is 5.62. The largest absolute Gasteiger partial charge is 0.497 e. The SMILES string of the molecule is COc1ccn2c(-c3cccc(NC4CNC4)n3)cnc2c1. The number of rotatable bonds is 4. The number of nitrogens with one attached hydrogen (secondary N) is 2. The van der Waals surface area contributed by atoms with E-state index in [4.69, 9.17) is 9.72 Å². The third-order valence-corrected chi connectivity index (χ3v) is 3.87. The van der Waals surface area contributed by atoms with E-state index in [-0.39, 0.29) is 0 Å². The van der Waals surface area contributed by atoms with Gasteiger partial charge < -0.3 is 15.4 Å². The van der Waals surface area contributed by atoms with E-state index in [9.17, 15) is 0 Å². The lowest BCUT2D eigenvalue weighted by molar-refractivity contribution is 0.414.